The lowest BCUT2D eigenvalue weighted by molar-refractivity contribution is 0.288. The molecule has 0 aromatic heterocycles. The summed E-state index contributed by atoms with van der Waals surface area (Å²) < 4.78 is 11.1. The molecule has 25 heavy (non-hydrogen) atoms. The molecule has 2 rings (SSSR count). The summed E-state index contributed by atoms with van der Waals surface area (Å²) in [5.74, 6) is 0.559. The summed E-state index contributed by atoms with van der Waals surface area (Å²) in [6.45, 7) is 2.68. The number of nitrogens with two attached hydrogens (primary N) is 2. The Morgan fingerprint density at radius 1 is 1.12 bits per heavy atom. The van der Waals surface area contributed by atoms with Crippen molar-refractivity contribution in [3.63, 3.8) is 0 Å². The summed E-state index contributed by atoms with van der Waals surface area (Å²) >= 11 is 1.05. The Morgan fingerprint density at radius 2 is 1.76 bits per heavy atom. The number of thioether (sulfide) groups is 1. The molecule has 0 amide bonds. The summed E-state index contributed by atoms with van der Waals surface area (Å²) in [5.41, 5.74) is 13.2. The van der Waals surface area contributed by atoms with Crippen LogP contribution in [0.25, 0.3) is 0 Å². The van der Waals surface area contributed by atoms with Gasteiger partial charge in [0.1, 0.15) is 0 Å². The van der Waals surface area contributed by atoms with Gasteiger partial charge in [0, 0.05) is 0 Å². The molecule has 1 aromatic carbocycles. The molecule has 0 bridgehead atoms. The predicted molar refractivity (Wildman–Crippen MR) is 97.4 cm³/mol. The fraction of sp³-hybridized carbons (Fsp3) is 0.333. The van der Waals surface area contributed by atoms with Crippen LogP contribution in [0.2, 0.25) is 0 Å². The number of allylic oxidation sites excluding steroid dienone is 2. The first kappa shape index (κ1) is 18.6. The van der Waals surface area contributed by atoms with Gasteiger partial charge in [-0.25, -0.2) is 0 Å². The molecule has 4 N–H and O–H groups in total. The summed E-state index contributed by atoms with van der Waals surface area (Å²) in [6, 6.07) is 9.55. The summed E-state index contributed by atoms with van der Waals surface area (Å²) in [7, 11) is 1.55. The molecule has 1 heterocycles. The molecule has 0 spiro atoms. The van der Waals surface area contributed by atoms with E-state index < -0.39 is 5.92 Å². The largest absolute Gasteiger partial charge is 0.493 e. The van der Waals surface area contributed by atoms with Crippen LogP contribution in [0.15, 0.2) is 39.4 Å². The maximum Gasteiger partial charge on any atom is 0.161 e. The van der Waals surface area contributed by atoms with Gasteiger partial charge >= 0.3 is 0 Å². The van der Waals surface area contributed by atoms with Crippen molar-refractivity contribution in [3.05, 3.63) is 45.0 Å². The van der Waals surface area contributed by atoms with E-state index in [-0.39, 0.29) is 0 Å². The SMILES string of the molecule is CCCCOc1ccc(C2C(C#N)=C(N)SC(N)=C2C#N)cc1OC. The Balaban J connectivity index is 2.46. The van der Waals surface area contributed by atoms with Crippen molar-refractivity contribution in [3.8, 4) is 23.6 Å². The highest BCUT2D eigenvalue weighted by atomic mass is 32.2. The molecule has 0 radical (unpaired) electrons. The molecular formula is C18H20N4O2S. The molecule has 7 heteroatoms. The van der Waals surface area contributed by atoms with Crippen LogP contribution in [-0.2, 0) is 0 Å². The number of nitrogens with zero attached hydrogens (tertiary/aromatic N) is 2. The molecule has 1 aromatic rings. The highest BCUT2D eigenvalue weighted by molar-refractivity contribution is 8.06. The van der Waals surface area contributed by atoms with E-state index in [1.54, 1.807) is 25.3 Å². The zero-order valence-corrected chi connectivity index (χ0v) is 15.0. The summed E-state index contributed by atoms with van der Waals surface area (Å²) in [4.78, 5) is 0. The topological polar surface area (TPSA) is 118 Å². The van der Waals surface area contributed by atoms with Gasteiger partial charge in [-0.3, -0.25) is 0 Å². The molecule has 1 aliphatic rings. The Bertz CT molecular complexity index is 766. The normalized spacial score (nSPS) is 14.9. The number of nitriles is 2. The quantitative estimate of drug-likeness (QED) is 0.752. The van der Waals surface area contributed by atoms with Gasteiger partial charge in [-0.2, -0.15) is 10.5 Å². The highest BCUT2D eigenvalue weighted by Crippen LogP contribution is 2.44. The third-order valence-corrected chi connectivity index (χ3v) is 4.73. The minimum atomic E-state index is -0.602. The van der Waals surface area contributed by atoms with Gasteiger partial charge in [-0.1, -0.05) is 31.2 Å². The number of methoxy groups -OCH3 is 1. The number of hydrogen-bond acceptors (Lipinski definition) is 7. The Morgan fingerprint density at radius 3 is 2.28 bits per heavy atom. The van der Waals surface area contributed by atoms with E-state index in [0.29, 0.717) is 44.9 Å². The molecule has 130 valence electrons. The van der Waals surface area contributed by atoms with Crippen molar-refractivity contribution >= 4 is 11.8 Å². The van der Waals surface area contributed by atoms with Gasteiger partial charge in [-0.05, 0) is 24.1 Å². The van der Waals surface area contributed by atoms with Gasteiger partial charge in [0.05, 0.1) is 53.0 Å². The van der Waals surface area contributed by atoms with Crippen LogP contribution >= 0.6 is 11.8 Å². The smallest absolute Gasteiger partial charge is 0.161 e. The lowest BCUT2D eigenvalue weighted by Gasteiger charge is -2.24. The number of rotatable bonds is 6. The van der Waals surface area contributed by atoms with Gasteiger partial charge < -0.3 is 20.9 Å². The Labute approximate surface area is 151 Å². The second-order valence-electron chi connectivity index (χ2n) is 5.43. The van der Waals surface area contributed by atoms with Crippen molar-refractivity contribution in [2.45, 2.75) is 25.7 Å². The number of hydrogen-bond donors (Lipinski definition) is 2. The van der Waals surface area contributed by atoms with Crippen LogP contribution in [-0.4, -0.2) is 13.7 Å². The number of ether oxygens (including phenoxy) is 2. The second kappa shape index (κ2) is 8.36. The summed E-state index contributed by atoms with van der Waals surface area (Å²) in [5, 5.41) is 19.6. The van der Waals surface area contributed by atoms with E-state index >= 15 is 0 Å². The van der Waals surface area contributed by atoms with E-state index in [9.17, 15) is 10.5 Å². The molecule has 0 fully saturated rings. The summed E-state index contributed by atoms with van der Waals surface area (Å²) in [6.07, 6.45) is 1.98. The van der Waals surface area contributed by atoms with Crippen molar-refractivity contribution in [2.24, 2.45) is 11.5 Å². The molecule has 1 aliphatic heterocycles. The zero-order valence-electron chi connectivity index (χ0n) is 14.2. The Hall–Kier alpha value is -2.77. The van der Waals surface area contributed by atoms with Crippen molar-refractivity contribution in [2.75, 3.05) is 13.7 Å². The van der Waals surface area contributed by atoms with Crippen molar-refractivity contribution in [1.29, 1.82) is 10.5 Å². The van der Waals surface area contributed by atoms with E-state index in [0.717, 1.165) is 24.6 Å². The van der Waals surface area contributed by atoms with Crippen LogP contribution in [0.4, 0.5) is 0 Å². The van der Waals surface area contributed by atoms with Crippen molar-refractivity contribution in [1.82, 2.24) is 0 Å². The standard InChI is InChI=1S/C18H20N4O2S/c1-3-4-7-24-14-6-5-11(8-15(14)23-2)16-12(9-19)17(21)25-18(22)13(16)10-20/h5-6,8,16H,3-4,7,21-22H2,1-2H3. The van der Waals surface area contributed by atoms with Gasteiger partial charge in [0.2, 0.25) is 0 Å². The van der Waals surface area contributed by atoms with Gasteiger partial charge in [-0.15, -0.1) is 0 Å². The lowest BCUT2D eigenvalue weighted by atomic mass is 9.85. The Kier molecular flexibility index (Phi) is 6.21. The van der Waals surface area contributed by atoms with Crippen LogP contribution in [0.1, 0.15) is 31.2 Å². The van der Waals surface area contributed by atoms with Crippen molar-refractivity contribution < 1.29 is 9.47 Å². The molecule has 6 nitrogen and oxygen atoms in total. The van der Waals surface area contributed by atoms with E-state index in [1.807, 2.05) is 0 Å². The first-order valence-corrected chi connectivity index (χ1v) is 8.67. The monoisotopic (exact) mass is 356 g/mol. The maximum atomic E-state index is 9.49. The third-order valence-electron chi connectivity index (χ3n) is 3.85. The van der Waals surface area contributed by atoms with E-state index in [4.69, 9.17) is 20.9 Å². The lowest BCUT2D eigenvalue weighted by Crippen LogP contribution is -2.18. The third kappa shape index (κ3) is 3.84. The molecule has 0 unspecified atom stereocenters. The van der Waals surface area contributed by atoms with Crippen LogP contribution < -0.4 is 20.9 Å². The number of benzene rings is 1. The average molecular weight is 356 g/mol. The highest BCUT2D eigenvalue weighted by Gasteiger charge is 2.31. The number of unbranched alkanes of at least 4 members (excludes halogenated alkanes) is 1. The maximum absolute atomic E-state index is 9.49. The van der Waals surface area contributed by atoms with Crippen LogP contribution in [0.3, 0.4) is 0 Å². The minimum absolute atomic E-state index is 0.311. The molecular weight excluding hydrogens is 336 g/mol. The van der Waals surface area contributed by atoms with Gasteiger partial charge in [0.25, 0.3) is 0 Å². The molecule has 0 aliphatic carbocycles. The molecule has 0 atom stereocenters. The molecule has 0 saturated carbocycles. The van der Waals surface area contributed by atoms with Crippen LogP contribution in [0, 0.1) is 22.7 Å². The predicted octanol–water partition coefficient (Wildman–Crippen LogP) is 3.09. The minimum Gasteiger partial charge on any atom is -0.493 e. The zero-order chi connectivity index (χ0) is 18.4. The fourth-order valence-electron chi connectivity index (χ4n) is 2.54. The van der Waals surface area contributed by atoms with E-state index in [1.165, 1.54) is 0 Å². The second-order valence-corrected chi connectivity index (χ2v) is 6.51. The average Bonchev–Trinajstić information content (AvgIpc) is 2.61. The van der Waals surface area contributed by atoms with E-state index in [2.05, 4.69) is 19.1 Å². The first-order chi connectivity index (χ1) is 12.1. The van der Waals surface area contributed by atoms with Crippen LogP contribution in [0.5, 0.6) is 11.5 Å². The van der Waals surface area contributed by atoms with Gasteiger partial charge in [0.15, 0.2) is 11.5 Å². The fourth-order valence-corrected chi connectivity index (χ4v) is 3.32. The molecule has 0 saturated heterocycles. The first-order valence-electron chi connectivity index (χ1n) is 7.85.